The zero-order valence-electron chi connectivity index (χ0n) is 14.4. The average Bonchev–Trinajstić information content (AvgIpc) is 2.52. The monoisotopic (exact) mass is 341 g/mol. The van der Waals surface area contributed by atoms with Gasteiger partial charge in [0.05, 0.1) is 5.75 Å². The van der Waals surface area contributed by atoms with Gasteiger partial charge >= 0.3 is 10.1 Å². The smallest absolute Gasteiger partial charge is 0.308 e. The first-order chi connectivity index (χ1) is 10.8. The van der Waals surface area contributed by atoms with Gasteiger partial charge in [-0.2, -0.15) is 8.42 Å². The van der Waals surface area contributed by atoms with Crippen LogP contribution in [0.2, 0.25) is 0 Å². The Bertz CT molecular complexity index is 613. The molecular weight excluding hydrogens is 314 g/mol. The van der Waals surface area contributed by atoms with Crippen molar-refractivity contribution in [3.05, 3.63) is 29.8 Å². The molecule has 0 fully saturated rings. The van der Waals surface area contributed by atoms with Crippen LogP contribution in [-0.2, 0) is 21.5 Å². The Morgan fingerprint density at radius 2 is 1.96 bits per heavy atom. The maximum Gasteiger partial charge on any atom is 0.308 e. The highest BCUT2D eigenvalue weighted by molar-refractivity contribution is 7.87. The topological polar surface area (TPSA) is 63.7 Å². The highest BCUT2D eigenvalue weighted by atomic mass is 32.2. The molecule has 1 rings (SSSR count). The molecule has 130 valence electrons. The molecule has 1 aromatic carbocycles. The first kappa shape index (κ1) is 19.5. The van der Waals surface area contributed by atoms with Crippen molar-refractivity contribution in [3.63, 3.8) is 0 Å². The highest BCUT2D eigenvalue weighted by Crippen LogP contribution is 2.19. The van der Waals surface area contributed by atoms with Crippen LogP contribution in [0.15, 0.2) is 24.3 Å². The molecule has 1 aromatic rings. The quantitative estimate of drug-likeness (QED) is 0.646. The van der Waals surface area contributed by atoms with Crippen molar-refractivity contribution in [2.45, 2.75) is 59.5 Å². The van der Waals surface area contributed by atoms with Gasteiger partial charge in [-0.1, -0.05) is 26.0 Å². The zero-order valence-corrected chi connectivity index (χ0v) is 15.2. The second-order valence-corrected chi connectivity index (χ2v) is 7.47. The predicted octanol–water partition coefficient (Wildman–Crippen LogP) is 3.34. The molecule has 0 N–H and O–H groups in total. The Morgan fingerprint density at radius 1 is 1.26 bits per heavy atom. The van der Waals surface area contributed by atoms with Crippen LogP contribution in [0.4, 0.5) is 0 Å². The van der Waals surface area contributed by atoms with Crippen LogP contribution < -0.4 is 4.18 Å². The van der Waals surface area contributed by atoms with Crippen molar-refractivity contribution in [1.29, 1.82) is 0 Å². The molecular formula is C17H27NO4S. The van der Waals surface area contributed by atoms with Crippen LogP contribution in [-0.4, -0.2) is 31.0 Å². The van der Waals surface area contributed by atoms with Gasteiger partial charge in [0.1, 0.15) is 5.75 Å². The fourth-order valence-electron chi connectivity index (χ4n) is 2.17. The molecule has 0 saturated heterocycles. The molecule has 0 heterocycles. The van der Waals surface area contributed by atoms with Gasteiger partial charge < -0.3 is 9.08 Å². The molecule has 0 aliphatic rings. The molecule has 0 unspecified atom stereocenters. The van der Waals surface area contributed by atoms with E-state index < -0.39 is 10.1 Å². The van der Waals surface area contributed by atoms with Gasteiger partial charge in [-0.15, -0.1) is 0 Å². The summed E-state index contributed by atoms with van der Waals surface area (Å²) < 4.78 is 28.2. The molecule has 0 radical (unpaired) electrons. The van der Waals surface area contributed by atoms with Gasteiger partial charge in [0, 0.05) is 19.0 Å². The highest BCUT2D eigenvalue weighted by Gasteiger charge is 2.19. The maximum absolute atomic E-state index is 12.3. The Balaban J connectivity index is 2.94. The summed E-state index contributed by atoms with van der Waals surface area (Å²) in [6.45, 7) is 8.04. The Labute approximate surface area is 139 Å². The molecule has 1 atom stereocenters. The summed E-state index contributed by atoms with van der Waals surface area (Å²) in [5.41, 5.74) is 0.860. The van der Waals surface area contributed by atoms with E-state index in [1.54, 1.807) is 18.2 Å². The standard InChI is InChI=1S/C17H27NO4S/c1-5-9-17(19)18(14(4)6-2)13-15-10-8-11-16(12-15)22-23(20,21)7-3/h8,10-12,14H,5-7,9,13H2,1-4H3/t14-/m1/s1. The van der Waals surface area contributed by atoms with E-state index in [4.69, 9.17) is 4.18 Å². The minimum atomic E-state index is -3.54. The Hall–Kier alpha value is -1.56. The van der Waals surface area contributed by atoms with Gasteiger partial charge in [0.2, 0.25) is 5.91 Å². The molecule has 0 aromatic heterocycles. The lowest BCUT2D eigenvalue weighted by Gasteiger charge is -2.29. The normalized spacial score (nSPS) is 12.7. The maximum atomic E-state index is 12.3. The van der Waals surface area contributed by atoms with E-state index in [9.17, 15) is 13.2 Å². The van der Waals surface area contributed by atoms with Crippen LogP contribution in [0.3, 0.4) is 0 Å². The van der Waals surface area contributed by atoms with Crippen molar-refractivity contribution in [1.82, 2.24) is 4.90 Å². The van der Waals surface area contributed by atoms with Crippen molar-refractivity contribution < 1.29 is 17.4 Å². The lowest BCUT2D eigenvalue weighted by Crippen LogP contribution is -2.37. The summed E-state index contributed by atoms with van der Waals surface area (Å²) in [6, 6.07) is 7.05. The van der Waals surface area contributed by atoms with E-state index in [0.29, 0.717) is 13.0 Å². The molecule has 0 spiro atoms. The van der Waals surface area contributed by atoms with Crippen molar-refractivity contribution in [2.75, 3.05) is 5.75 Å². The molecule has 0 bridgehead atoms. The van der Waals surface area contributed by atoms with E-state index in [2.05, 4.69) is 0 Å². The van der Waals surface area contributed by atoms with Crippen LogP contribution in [0.5, 0.6) is 5.75 Å². The number of benzene rings is 1. The van der Waals surface area contributed by atoms with Gasteiger partial charge in [-0.3, -0.25) is 4.79 Å². The lowest BCUT2D eigenvalue weighted by atomic mass is 10.1. The van der Waals surface area contributed by atoms with Crippen molar-refractivity contribution >= 4 is 16.0 Å². The Kier molecular flexibility index (Phi) is 7.55. The van der Waals surface area contributed by atoms with Crippen LogP contribution in [0.1, 0.15) is 52.5 Å². The summed E-state index contributed by atoms with van der Waals surface area (Å²) >= 11 is 0. The number of amides is 1. The number of hydrogen-bond donors (Lipinski definition) is 0. The second-order valence-electron chi connectivity index (χ2n) is 5.61. The number of nitrogens with zero attached hydrogens (tertiary/aromatic N) is 1. The number of carbonyl (C=O) groups is 1. The van der Waals surface area contributed by atoms with Crippen LogP contribution in [0, 0.1) is 0 Å². The van der Waals surface area contributed by atoms with E-state index >= 15 is 0 Å². The van der Waals surface area contributed by atoms with E-state index in [1.165, 1.54) is 6.92 Å². The van der Waals surface area contributed by atoms with E-state index in [-0.39, 0.29) is 23.5 Å². The van der Waals surface area contributed by atoms with E-state index in [0.717, 1.165) is 18.4 Å². The zero-order chi connectivity index (χ0) is 17.5. The summed E-state index contributed by atoms with van der Waals surface area (Å²) in [5.74, 6) is 0.330. The first-order valence-corrected chi connectivity index (χ1v) is 9.71. The third-order valence-corrected chi connectivity index (χ3v) is 4.89. The molecule has 23 heavy (non-hydrogen) atoms. The lowest BCUT2D eigenvalue weighted by molar-refractivity contribution is -0.134. The number of carbonyl (C=O) groups excluding carboxylic acids is 1. The fourth-order valence-corrected chi connectivity index (χ4v) is 2.68. The fraction of sp³-hybridized carbons (Fsp3) is 0.588. The largest absolute Gasteiger partial charge is 0.382 e. The molecule has 0 aliphatic carbocycles. The minimum Gasteiger partial charge on any atom is -0.382 e. The Morgan fingerprint density at radius 3 is 2.52 bits per heavy atom. The average molecular weight is 341 g/mol. The van der Waals surface area contributed by atoms with Gasteiger partial charge in [0.25, 0.3) is 0 Å². The summed E-state index contributed by atoms with van der Waals surface area (Å²) in [7, 11) is -3.54. The van der Waals surface area contributed by atoms with Gasteiger partial charge in [-0.25, -0.2) is 0 Å². The van der Waals surface area contributed by atoms with Crippen LogP contribution >= 0.6 is 0 Å². The van der Waals surface area contributed by atoms with Crippen molar-refractivity contribution in [2.24, 2.45) is 0 Å². The minimum absolute atomic E-state index is 0.0782. The summed E-state index contributed by atoms with van der Waals surface area (Å²) in [6.07, 6.45) is 2.20. The summed E-state index contributed by atoms with van der Waals surface area (Å²) in [4.78, 5) is 14.2. The van der Waals surface area contributed by atoms with E-state index in [1.807, 2.05) is 31.7 Å². The molecule has 0 aliphatic heterocycles. The molecule has 6 heteroatoms. The summed E-state index contributed by atoms with van der Waals surface area (Å²) in [5, 5.41) is 0. The third kappa shape index (κ3) is 6.22. The molecule has 1 amide bonds. The van der Waals surface area contributed by atoms with Crippen LogP contribution in [0.25, 0.3) is 0 Å². The van der Waals surface area contributed by atoms with Crippen molar-refractivity contribution in [3.8, 4) is 5.75 Å². The first-order valence-electron chi connectivity index (χ1n) is 8.13. The van der Waals surface area contributed by atoms with Gasteiger partial charge in [-0.05, 0) is 44.4 Å². The molecule has 0 saturated carbocycles. The number of hydrogen-bond acceptors (Lipinski definition) is 4. The number of rotatable bonds is 9. The predicted molar refractivity (Wildman–Crippen MR) is 91.7 cm³/mol. The second kappa shape index (κ2) is 8.91. The SMILES string of the molecule is CCCC(=O)N(Cc1cccc(OS(=O)(=O)CC)c1)[C@H](C)CC. The van der Waals surface area contributed by atoms with Gasteiger partial charge in [0.15, 0.2) is 0 Å². The molecule has 5 nitrogen and oxygen atoms in total. The third-order valence-electron chi connectivity index (χ3n) is 3.74.